The number of carbonyl (C=O) groups excluding carboxylic acids is 1. The lowest BCUT2D eigenvalue weighted by atomic mass is 10.2. The molecule has 0 bridgehead atoms. The average molecular weight is 490 g/mol. The highest BCUT2D eigenvalue weighted by atomic mass is 32.2. The Bertz CT molecular complexity index is 1200. The van der Waals surface area contributed by atoms with E-state index >= 15 is 0 Å². The number of nitrogens with zero attached hydrogens (tertiary/aromatic N) is 4. The van der Waals surface area contributed by atoms with Gasteiger partial charge in [0.25, 0.3) is 5.56 Å². The van der Waals surface area contributed by atoms with Crippen molar-refractivity contribution < 1.29 is 14.3 Å². The zero-order chi connectivity index (χ0) is 24.0. The molecule has 0 aliphatic rings. The van der Waals surface area contributed by atoms with E-state index in [1.807, 2.05) is 13.8 Å². The number of thioether (sulfide) groups is 1. The molecular weight excluding hydrogens is 462 g/mol. The number of anilines is 2. The summed E-state index contributed by atoms with van der Waals surface area (Å²) < 4.78 is 12.5. The van der Waals surface area contributed by atoms with Gasteiger partial charge in [0, 0.05) is 25.7 Å². The standard InChI is InChI=1S/C22H27N5O4S2/c1-6-11-27-20(29)18-19(24-21(33-18)26(7-2)8-3)25-22(27)32-13-17(28)23-15-10-9-14(30-4)12-16(15)31-5/h6,9-10,12H,1,7-8,11,13H2,2-5H3,(H,23,28). The quantitative estimate of drug-likeness (QED) is 0.248. The van der Waals surface area contributed by atoms with Crippen LogP contribution in [-0.2, 0) is 11.3 Å². The van der Waals surface area contributed by atoms with Gasteiger partial charge in [-0.15, -0.1) is 6.58 Å². The van der Waals surface area contributed by atoms with Crippen molar-refractivity contribution in [2.24, 2.45) is 0 Å². The summed E-state index contributed by atoms with van der Waals surface area (Å²) in [5.74, 6) is 0.905. The summed E-state index contributed by atoms with van der Waals surface area (Å²) in [4.78, 5) is 37.0. The maximum Gasteiger partial charge on any atom is 0.274 e. The van der Waals surface area contributed by atoms with E-state index in [0.29, 0.717) is 32.7 Å². The Morgan fingerprint density at radius 3 is 2.67 bits per heavy atom. The van der Waals surface area contributed by atoms with Crippen molar-refractivity contribution in [2.75, 3.05) is 43.3 Å². The summed E-state index contributed by atoms with van der Waals surface area (Å²) >= 11 is 2.51. The second-order valence-electron chi connectivity index (χ2n) is 6.82. The van der Waals surface area contributed by atoms with Gasteiger partial charge in [0.05, 0.1) is 25.7 Å². The van der Waals surface area contributed by atoms with E-state index in [0.717, 1.165) is 18.2 Å². The topological polar surface area (TPSA) is 98.6 Å². The number of rotatable bonds is 11. The fraction of sp³-hybridized carbons (Fsp3) is 0.364. The van der Waals surface area contributed by atoms with Crippen molar-refractivity contribution in [3.63, 3.8) is 0 Å². The molecule has 2 aromatic heterocycles. The van der Waals surface area contributed by atoms with Crippen LogP contribution in [-0.4, -0.2) is 53.5 Å². The van der Waals surface area contributed by atoms with Crippen molar-refractivity contribution in [1.82, 2.24) is 14.5 Å². The third-order valence-corrected chi connectivity index (χ3v) is 6.90. The van der Waals surface area contributed by atoms with E-state index < -0.39 is 0 Å². The van der Waals surface area contributed by atoms with Crippen molar-refractivity contribution in [2.45, 2.75) is 25.5 Å². The molecule has 33 heavy (non-hydrogen) atoms. The Morgan fingerprint density at radius 2 is 2.03 bits per heavy atom. The Balaban J connectivity index is 1.84. The van der Waals surface area contributed by atoms with Gasteiger partial charge in [-0.3, -0.25) is 14.2 Å². The Labute approximate surface area is 200 Å². The van der Waals surface area contributed by atoms with Gasteiger partial charge in [0.15, 0.2) is 15.9 Å². The average Bonchev–Trinajstić information content (AvgIpc) is 3.25. The van der Waals surface area contributed by atoms with Crippen LogP contribution in [0.4, 0.5) is 10.8 Å². The minimum absolute atomic E-state index is 0.0529. The monoisotopic (exact) mass is 489 g/mol. The number of fused-ring (bicyclic) bond motifs is 1. The Morgan fingerprint density at radius 1 is 1.27 bits per heavy atom. The van der Waals surface area contributed by atoms with E-state index in [4.69, 9.17) is 9.47 Å². The molecule has 0 unspecified atom stereocenters. The van der Waals surface area contributed by atoms with Crippen LogP contribution in [0.1, 0.15) is 13.8 Å². The summed E-state index contributed by atoms with van der Waals surface area (Å²) in [6.45, 7) is 9.68. The van der Waals surface area contributed by atoms with Gasteiger partial charge in [-0.2, -0.15) is 4.98 Å². The number of hydrogen-bond donors (Lipinski definition) is 1. The zero-order valence-corrected chi connectivity index (χ0v) is 20.7. The fourth-order valence-electron chi connectivity index (χ4n) is 3.12. The molecule has 0 radical (unpaired) electrons. The number of nitrogens with one attached hydrogen (secondary N) is 1. The highest BCUT2D eigenvalue weighted by Crippen LogP contribution is 2.30. The minimum atomic E-state index is -0.259. The van der Waals surface area contributed by atoms with Gasteiger partial charge >= 0.3 is 0 Å². The maximum atomic E-state index is 13.1. The lowest BCUT2D eigenvalue weighted by Crippen LogP contribution is -2.23. The van der Waals surface area contributed by atoms with Gasteiger partial charge in [0.2, 0.25) is 5.91 Å². The first kappa shape index (κ1) is 24.6. The number of hydrogen-bond acceptors (Lipinski definition) is 9. The smallest absolute Gasteiger partial charge is 0.274 e. The van der Waals surface area contributed by atoms with Gasteiger partial charge in [-0.1, -0.05) is 29.2 Å². The molecule has 0 atom stereocenters. The number of aromatic nitrogens is 3. The molecule has 3 rings (SSSR count). The fourth-order valence-corrected chi connectivity index (χ4v) is 5.00. The molecule has 0 aliphatic carbocycles. The van der Waals surface area contributed by atoms with Crippen LogP contribution in [0.15, 0.2) is 40.8 Å². The third kappa shape index (κ3) is 5.48. The highest BCUT2D eigenvalue weighted by Gasteiger charge is 2.18. The largest absolute Gasteiger partial charge is 0.497 e. The first-order valence-electron chi connectivity index (χ1n) is 10.4. The molecule has 9 nitrogen and oxygen atoms in total. The predicted molar refractivity (Wildman–Crippen MR) is 134 cm³/mol. The summed E-state index contributed by atoms with van der Waals surface area (Å²) in [6.07, 6.45) is 1.63. The molecule has 11 heteroatoms. The predicted octanol–water partition coefficient (Wildman–Crippen LogP) is 3.63. The van der Waals surface area contributed by atoms with Crippen molar-refractivity contribution in [1.29, 1.82) is 0 Å². The zero-order valence-electron chi connectivity index (χ0n) is 19.1. The molecule has 1 amide bonds. The number of ether oxygens (including phenoxy) is 2. The summed E-state index contributed by atoms with van der Waals surface area (Å²) in [7, 11) is 3.08. The SMILES string of the molecule is C=CCn1c(SCC(=O)Nc2ccc(OC)cc2OC)nc2nc(N(CC)CC)sc2c1=O. The molecule has 3 aromatic rings. The van der Waals surface area contributed by atoms with E-state index in [9.17, 15) is 9.59 Å². The first-order chi connectivity index (χ1) is 15.9. The van der Waals surface area contributed by atoms with Crippen LogP contribution in [0.5, 0.6) is 11.5 Å². The second kappa shape index (κ2) is 11.2. The summed E-state index contributed by atoms with van der Waals surface area (Å²) in [6, 6.07) is 5.14. The number of benzene rings is 1. The van der Waals surface area contributed by atoms with Crippen LogP contribution in [0, 0.1) is 0 Å². The molecule has 0 fully saturated rings. The number of carbonyl (C=O) groups is 1. The molecule has 1 N–H and O–H groups in total. The molecule has 1 aromatic carbocycles. The molecular formula is C22H27N5O4S2. The van der Waals surface area contributed by atoms with Crippen LogP contribution in [0.3, 0.4) is 0 Å². The Kier molecular flexibility index (Phi) is 8.34. The molecule has 0 aliphatic heterocycles. The third-order valence-electron chi connectivity index (χ3n) is 4.83. The van der Waals surface area contributed by atoms with Gasteiger partial charge in [-0.05, 0) is 26.0 Å². The van der Waals surface area contributed by atoms with Crippen LogP contribution >= 0.6 is 23.1 Å². The van der Waals surface area contributed by atoms with Crippen LogP contribution in [0.25, 0.3) is 10.3 Å². The van der Waals surface area contributed by atoms with Crippen LogP contribution in [0.2, 0.25) is 0 Å². The first-order valence-corrected chi connectivity index (χ1v) is 12.2. The van der Waals surface area contributed by atoms with Gasteiger partial charge < -0.3 is 19.7 Å². The molecule has 0 saturated heterocycles. The van der Waals surface area contributed by atoms with Crippen LogP contribution < -0.4 is 25.2 Å². The molecule has 0 saturated carbocycles. The number of thiazole rings is 1. The minimum Gasteiger partial charge on any atom is -0.497 e. The Hall–Kier alpha value is -3.05. The molecule has 0 spiro atoms. The van der Waals surface area contributed by atoms with Gasteiger partial charge in [0.1, 0.15) is 16.2 Å². The highest BCUT2D eigenvalue weighted by molar-refractivity contribution is 7.99. The summed E-state index contributed by atoms with van der Waals surface area (Å²) in [5.41, 5.74) is 0.738. The maximum absolute atomic E-state index is 13.1. The van der Waals surface area contributed by atoms with E-state index in [1.54, 1.807) is 31.4 Å². The van der Waals surface area contributed by atoms with E-state index in [-0.39, 0.29) is 23.8 Å². The van der Waals surface area contributed by atoms with E-state index in [2.05, 4.69) is 26.8 Å². The lowest BCUT2D eigenvalue weighted by Gasteiger charge is -2.15. The van der Waals surface area contributed by atoms with Crippen molar-refractivity contribution in [3.05, 3.63) is 41.2 Å². The van der Waals surface area contributed by atoms with Gasteiger partial charge in [-0.25, -0.2) is 4.98 Å². The van der Waals surface area contributed by atoms with E-state index in [1.165, 1.54) is 34.8 Å². The number of allylic oxidation sites excluding steroid dienone is 1. The molecule has 2 heterocycles. The van der Waals surface area contributed by atoms with Crippen molar-refractivity contribution in [3.8, 4) is 11.5 Å². The normalized spacial score (nSPS) is 10.8. The van der Waals surface area contributed by atoms with Crippen molar-refractivity contribution >= 4 is 50.2 Å². The second-order valence-corrected chi connectivity index (χ2v) is 8.74. The summed E-state index contributed by atoms with van der Waals surface area (Å²) in [5, 5.41) is 4.00. The number of methoxy groups -OCH3 is 2. The number of amides is 1. The molecule has 176 valence electrons. The lowest BCUT2D eigenvalue weighted by molar-refractivity contribution is -0.113.